The van der Waals surface area contributed by atoms with E-state index in [1.807, 2.05) is 0 Å². The van der Waals surface area contributed by atoms with Crippen molar-refractivity contribution >= 4 is 27.3 Å². The number of ether oxygens (including phenoxy) is 1. The number of rotatable bonds is 4. The van der Waals surface area contributed by atoms with E-state index in [0.717, 1.165) is 35.7 Å². The van der Waals surface area contributed by atoms with E-state index in [1.165, 1.54) is 35.0 Å². The third kappa shape index (κ3) is 2.64. The van der Waals surface area contributed by atoms with E-state index >= 15 is 0 Å². The molecule has 1 aliphatic rings. The van der Waals surface area contributed by atoms with Crippen molar-refractivity contribution in [3.63, 3.8) is 0 Å². The number of hydrogen-bond donors (Lipinski definition) is 0. The molecular weight excluding hydrogens is 343 g/mol. The van der Waals surface area contributed by atoms with Gasteiger partial charge in [-0.15, -0.1) is 11.3 Å². The molecule has 0 unspecified atom stereocenters. The topological polar surface area (TPSA) is 61.2 Å². The molecule has 7 heteroatoms. The Morgan fingerprint density at radius 2 is 2.24 bits per heavy atom. The number of methoxy groups -OCH3 is 1. The summed E-state index contributed by atoms with van der Waals surface area (Å²) in [5.41, 5.74) is 0.973. The fraction of sp³-hybridized carbons (Fsp3) is 0.278. The van der Waals surface area contributed by atoms with E-state index in [-0.39, 0.29) is 23.4 Å². The highest BCUT2D eigenvalue weighted by Crippen LogP contribution is 2.34. The number of aryl methyl sites for hydroxylation is 2. The van der Waals surface area contributed by atoms with Gasteiger partial charge in [0.2, 0.25) is 0 Å². The number of benzene rings is 1. The molecule has 3 aromatic rings. The first-order chi connectivity index (χ1) is 12.1. The SMILES string of the molecule is COc1ccc(F)cc1C(=O)Cn1cnc2sc3c(c2c1=O)CCC3. The number of nitrogens with zero attached hydrogens (tertiary/aromatic N) is 2. The van der Waals surface area contributed by atoms with Crippen molar-refractivity contribution in [1.29, 1.82) is 0 Å². The van der Waals surface area contributed by atoms with Crippen LogP contribution in [0, 0.1) is 5.82 Å². The second-order valence-electron chi connectivity index (χ2n) is 5.98. The number of hydrogen-bond acceptors (Lipinski definition) is 5. The maximum absolute atomic E-state index is 13.5. The number of fused-ring (bicyclic) bond motifs is 3. The number of thiophene rings is 1. The van der Waals surface area contributed by atoms with Crippen LogP contribution in [-0.2, 0) is 19.4 Å². The van der Waals surface area contributed by atoms with Gasteiger partial charge in [-0.2, -0.15) is 0 Å². The summed E-state index contributed by atoms with van der Waals surface area (Å²) in [5.74, 6) is -0.642. The Kier molecular flexibility index (Phi) is 3.88. The lowest BCUT2D eigenvalue weighted by Crippen LogP contribution is -2.25. The molecule has 5 nitrogen and oxygen atoms in total. The highest BCUT2D eigenvalue weighted by atomic mass is 32.1. The van der Waals surface area contributed by atoms with Crippen molar-refractivity contribution in [3.05, 3.63) is 56.7 Å². The van der Waals surface area contributed by atoms with Crippen molar-refractivity contribution in [2.24, 2.45) is 0 Å². The van der Waals surface area contributed by atoms with Gasteiger partial charge in [0.15, 0.2) is 5.78 Å². The summed E-state index contributed by atoms with van der Waals surface area (Å²) < 4.78 is 19.9. The van der Waals surface area contributed by atoms with Crippen LogP contribution in [0.1, 0.15) is 27.2 Å². The Balaban J connectivity index is 1.74. The lowest BCUT2D eigenvalue weighted by Gasteiger charge is -2.09. The molecule has 0 fully saturated rings. The molecule has 2 heterocycles. The second-order valence-corrected chi connectivity index (χ2v) is 7.07. The summed E-state index contributed by atoms with van der Waals surface area (Å²) in [4.78, 5) is 31.7. The molecule has 0 spiro atoms. The minimum Gasteiger partial charge on any atom is -0.496 e. The maximum Gasteiger partial charge on any atom is 0.262 e. The van der Waals surface area contributed by atoms with Crippen LogP contribution in [-0.4, -0.2) is 22.4 Å². The van der Waals surface area contributed by atoms with Crippen LogP contribution < -0.4 is 10.3 Å². The van der Waals surface area contributed by atoms with E-state index in [4.69, 9.17) is 4.74 Å². The fourth-order valence-corrected chi connectivity index (χ4v) is 4.49. The first-order valence-electron chi connectivity index (χ1n) is 7.95. The summed E-state index contributed by atoms with van der Waals surface area (Å²) in [6.07, 6.45) is 4.29. The van der Waals surface area contributed by atoms with Gasteiger partial charge in [0, 0.05) is 4.88 Å². The van der Waals surface area contributed by atoms with Gasteiger partial charge in [0.1, 0.15) is 16.4 Å². The van der Waals surface area contributed by atoms with E-state index in [0.29, 0.717) is 5.39 Å². The lowest BCUT2D eigenvalue weighted by molar-refractivity contribution is 0.0967. The molecule has 128 valence electrons. The van der Waals surface area contributed by atoms with Crippen LogP contribution in [0.2, 0.25) is 0 Å². The number of aromatic nitrogens is 2. The van der Waals surface area contributed by atoms with Crippen LogP contribution in [0.3, 0.4) is 0 Å². The molecule has 0 saturated heterocycles. The third-order valence-electron chi connectivity index (χ3n) is 4.47. The standard InChI is InChI=1S/C18H15FN2O3S/c1-24-14-6-5-10(19)7-12(14)13(22)8-21-9-20-17-16(18(21)23)11-3-2-4-15(11)25-17/h5-7,9H,2-4,8H2,1H3. The molecular formula is C18H15FN2O3S. The number of carbonyl (C=O) groups excluding carboxylic acids is 1. The van der Waals surface area contributed by atoms with Crippen LogP contribution in [0.5, 0.6) is 5.75 Å². The van der Waals surface area contributed by atoms with Crippen molar-refractivity contribution in [2.45, 2.75) is 25.8 Å². The highest BCUT2D eigenvalue weighted by Gasteiger charge is 2.22. The minimum absolute atomic E-state index is 0.116. The van der Waals surface area contributed by atoms with Crippen molar-refractivity contribution in [1.82, 2.24) is 9.55 Å². The number of carbonyl (C=O) groups is 1. The van der Waals surface area contributed by atoms with Crippen LogP contribution in [0.25, 0.3) is 10.2 Å². The molecule has 0 bridgehead atoms. The zero-order valence-electron chi connectivity index (χ0n) is 13.5. The Morgan fingerprint density at radius 3 is 3.04 bits per heavy atom. The molecule has 1 aromatic carbocycles. The molecule has 0 saturated carbocycles. The Hall–Kier alpha value is -2.54. The van der Waals surface area contributed by atoms with Crippen molar-refractivity contribution in [3.8, 4) is 5.75 Å². The van der Waals surface area contributed by atoms with Crippen LogP contribution >= 0.6 is 11.3 Å². The van der Waals surface area contributed by atoms with Gasteiger partial charge < -0.3 is 4.74 Å². The van der Waals surface area contributed by atoms with E-state index in [9.17, 15) is 14.0 Å². The summed E-state index contributed by atoms with van der Waals surface area (Å²) in [7, 11) is 1.42. The zero-order valence-corrected chi connectivity index (χ0v) is 14.4. The molecule has 0 aliphatic heterocycles. The average Bonchev–Trinajstić information content (AvgIpc) is 3.18. The summed E-state index contributed by atoms with van der Waals surface area (Å²) in [6, 6.07) is 3.75. The largest absolute Gasteiger partial charge is 0.496 e. The van der Waals surface area contributed by atoms with Gasteiger partial charge in [-0.25, -0.2) is 9.37 Å². The summed E-state index contributed by atoms with van der Waals surface area (Å²) >= 11 is 1.55. The van der Waals surface area contributed by atoms with Gasteiger partial charge in [-0.1, -0.05) is 0 Å². The minimum atomic E-state index is -0.527. The first-order valence-corrected chi connectivity index (χ1v) is 8.76. The van der Waals surface area contributed by atoms with E-state index < -0.39 is 11.6 Å². The molecule has 1 aliphatic carbocycles. The maximum atomic E-state index is 13.5. The first kappa shape index (κ1) is 16.0. The zero-order chi connectivity index (χ0) is 17.6. The second kappa shape index (κ2) is 6.07. The Labute approximate surface area is 146 Å². The molecule has 25 heavy (non-hydrogen) atoms. The monoisotopic (exact) mass is 358 g/mol. The molecule has 0 radical (unpaired) electrons. The van der Waals surface area contributed by atoms with E-state index in [2.05, 4.69) is 4.98 Å². The Morgan fingerprint density at radius 1 is 1.40 bits per heavy atom. The quantitative estimate of drug-likeness (QED) is 0.673. The molecule has 0 amide bonds. The Bertz CT molecular complexity index is 1050. The summed E-state index contributed by atoms with van der Waals surface area (Å²) in [6.45, 7) is -0.202. The normalized spacial score (nSPS) is 13.2. The molecule has 0 atom stereocenters. The smallest absolute Gasteiger partial charge is 0.262 e. The predicted molar refractivity (Wildman–Crippen MR) is 93.2 cm³/mol. The molecule has 4 rings (SSSR count). The van der Waals surface area contributed by atoms with Gasteiger partial charge in [-0.05, 0) is 43.0 Å². The van der Waals surface area contributed by atoms with Crippen LogP contribution in [0.4, 0.5) is 4.39 Å². The van der Waals surface area contributed by atoms with Crippen LogP contribution in [0.15, 0.2) is 29.3 Å². The fourth-order valence-electron chi connectivity index (χ4n) is 3.27. The van der Waals surface area contributed by atoms with Gasteiger partial charge in [-0.3, -0.25) is 14.2 Å². The van der Waals surface area contributed by atoms with Gasteiger partial charge in [0.05, 0.1) is 30.9 Å². The number of ketones is 1. The lowest BCUT2D eigenvalue weighted by atomic mass is 10.1. The average molecular weight is 358 g/mol. The number of Topliss-reactive ketones (excluding diaryl/α,β-unsaturated/α-hetero) is 1. The molecule has 2 aromatic heterocycles. The molecule has 0 N–H and O–H groups in total. The summed E-state index contributed by atoms with van der Waals surface area (Å²) in [5, 5.41) is 0.624. The highest BCUT2D eigenvalue weighted by molar-refractivity contribution is 7.18. The van der Waals surface area contributed by atoms with E-state index in [1.54, 1.807) is 11.3 Å². The van der Waals surface area contributed by atoms with Gasteiger partial charge in [0.25, 0.3) is 5.56 Å². The van der Waals surface area contributed by atoms with Gasteiger partial charge >= 0.3 is 0 Å². The van der Waals surface area contributed by atoms with Crippen molar-refractivity contribution in [2.75, 3.05) is 7.11 Å². The van der Waals surface area contributed by atoms with Crippen molar-refractivity contribution < 1.29 is 13.9 Å². The number of halogens is 1. The third-order valence-corrected chi connectivity index (χ3v) is 5.67. The predicted octanol–water partition coefficient (Wildman–Crippen LogP) is 2.98.